The Labute approximate surface area is 102 Å². The highest BCUT2D eigenvalue weighted by Crippen LogP contribution is 2.12. The molecule has 6 nitrogen and oxygen atoms in total. The van der Waals surface area contributed by atoms with Crippen molar-refractivity contribution in [3.05, 3.63) is 34.4 Å². The molecule has 0 spiro atoms. The summed E-state index contributed by atoms with van der Waals surface area (Å²) in [5.41, 5.74) is 1.26. The molecule has 17 heavy (non-hydrogen) atoms. The van der Waals surface area contributed by atoms with Crippen LogP contribution >= 0.6 is 11.6 Å². The van der Waals surface area contributed by atoms with Gasteiger partial charge in [-0.1, -0.05) is 11.6 Å². The predicted molar refractivity (Wildman–Crippen MR) is 60.6 cm³/mol. The second-order valence-corrected chi connectivity index (χ2v) is 3.91. The first-order valence-corrected chi connectivity index (χ1v) is 5.16. The molecule has 0 fully saturated rings. The lowest BCUT2D eigenvalue weighted by atomic mass is 10.4. The first kappa shape index (κ1) is 11.5. The second-order valence-electron chi connectivity index (χ2n) is 3.52. The zero-order valence-corrected chi connectivity index (χ0v) is 9.93. The molecule has 2 rings (SSSR count). The van der Waals surface area contributed by atoms with E-state index in [0.29, 0.717) is 16.5 Å². The van der Waals surface area contributed by atoms with Gasteiger partial charge in [-0.05, 0) is 26.0 Å². The molecule has 2 aromatic heterocycles. The van der Waals surface area contributed by atoms with Gasteiger partial charge in [-0.2, -0.15) is 10.1 Å². The molecule has 0 bridgehead atoms. The van der Waals surface area contributed by atoms with E-state index >= 15 is 0 Å². The van der Waals surface area contributed by atoms with Gasteiger partial charge < -0.3 is 5.11 Å². The van der Waals surface area contributed by atoms with Crippen molar-refractivity contribution in [2.45, 2.75) is 13.8 Å². The van der Waals surface area contributed by atoms with Crippen molar-refractivity contribution in [3.8, 4) is 5.95 Å². The highest BCUT2D eigenvalue weighted by molar-refractivity contribution is 6.29. The Hall–Kier alpha value is -1.95. The summed E-state index contributed by atoms with van der Waals surface area (Å²) >= 11 is 5.81. The van der Waals surface area contributed by atoms with Gasteiger partial charge in [-0.15, -0.1) is 0 Å². The molecule has 0 aliphatic carbocycles. The number of carbonyl (C=O) groups is 1. The number of carboxylic acids is 1. The fourth-order valence-electron chi connectivity index (χ4n) is 1.39. The maximum atomic E-state index is 10.8. The molecule has 7 heteroatoms. The molecule has 0 radical (unpaired) electrons. The fourth-order valence-corrected chi connectivity index (χ4v) is 1.62. The number of halogens is 1. The van der Waals surface area contributed by atoms with Crippen LogP contribution in [0.2, 0.25) is 5.15 Å². The van der Waals surface area contributed by atoms with Crippen LogP contribution in [0.3, 0.4) is 0 Å². The topological polar surface area (TPSA) is 80.9 Å². The van der Waals surface area contributed by atoms with Crippen molar-refractivity contribution in [2.75, 3.05) is 0 Å². The molecule has 0 aliphatic rings. The van der Waals surface area contributed by atoms with E-state index in [-0.39, 0.29) is 11.6 Å². The molecule has 0 atom stereocenters. The highest BCUT2D eigenvalue weighted by Gasteiger charge is 2.13. The molecule has 0 unspecified atom stereocenters. The third-order valence-electron chi connectivity index (χ3n) is 2.11. The van der Waals surface area contributed by atoms with Gasteiger partial charge in [0.1, 0.15) is 5.15 Å². The number of aromatic nitrogens is 4. The number of hydrogen-bond acceptors (Lipinski definition) is 4. The number of rotatable bonds is 2. The first-order chi connectivity index (χ1) is 7.97. The largest absolute Gasteiger partial charge is 0.476 e. The van der Waals surface area contributed by atoms with Crippen LogP contribution in [0.25, 0.3) is 5.95 Å². The summed E-state index contributed by atoms with van der Waals surface area (Å²) in [6.07, 6.45) is 0. The first-order valence-electron chi connectivity index (χ1n) is 4.79. The molecule has 0 saturated heterocycles. The Kier molecular flexibility index (Phi) is 2.81. The maximum Gasteiger partial charge on any atom is 0.356 e. The Morgan fingerprint density at radius 3 is 2.59 bits per heavy atom. The van der Waals surface area contributed by atoms with Crippen LogP contribution in [0.15, 0.2) is 12.1 Å². The van der Waals surface area contributed by atoms with Crippen molar-refractivity contribution < 1.29 is 9.90 Å². The number of hydrogen-bond donors (Lipinski definition) is 1. The van der Waals surface area contributed by atoms with Crippen molar-refractivity contribution >= 4 is 17.6 Å². The summed E-state index contributed by atoms with van der Waals surface area (Å²) in [5.74, 6) is -0.828. The van der Waals surface area contributed by atoms with Gasteiger partial charge in [0.25, 0.3) is 5.95 Å². The lowest BCUT2D eigenvalue weighted by molar-refractivity contribution is 0.0690. The van der Waals surface area contributed by atoms with E-state index in [2.05, 4.69) is 15.1 Å². The SMILES string of the molecule is Cc1cc(Cl)nc(-n2nc(C(=O)O)cc2C)n1. The van der Waals surface area contributed by atoms with Gasteiger partial charge in [0.15, 0.2) is 5.69 Å². The quantitative estimate of drug-likeness (QED) is 0.822. The summed E-state index contributed by atoms with van der Waals surface area (Å²) in [7, 11) is 0. The molecule has 2 heterocycles. The average molecular weight is 253 g/mol. The molecule has 0 amide bonds. The lowest BCUT2D eigenvalue weighted by Gasteiger charge is -2.03. The van der Waals surface area contributed by atoms with Crippen LogP contribution in [0, 0.1) is 13.8 Å². The van der Waals surface area contributed by atoms with Gasteiger partial charge in [0, 0.05) is 11.4 Å². The Morgan fingerprint density at radius 1 is 1.35 bits per heavy atom. The van der Waals surface area contributed by atoms with E-state index < -0.39 is 5.97 Å². The molecule has 0 saturated carbocycles. The molecule has 0 aliphatic heterocycles. The van der Waals surface area contributed by atoms with E-state index in [1.807, 2.05) is 0 Å². The van der Waals surface area contributed by atoms with Gasteiger partial charge in [-0.3, -0.25) is 0 Å². The van der Waals surface area contributed by atoms with Gasteiger partial charge >= 0.3 is 5.97 Å². The van der Waals surface area contributed by atoms with Crippen molar-refractivity contribution in [1.82, 2.24) is 19.7 Å². The lowest BCUT2D eigenvalue weighted by Crippen LogP contribution is -2.07. The number of aromatic carboxylic acids is 1. The van der Waals surface area contributed by atoms with Crippen LogP contribution < -0.4 is 0 Å². The van der Waals surface area contributed by atoms with E-state index in [1.165, 1.54) is 10.7 Å². The van der Waals surface area contributed by atoms with Gasteiger partial charge in [0.2, 0.25) is 0 Å². The van der Waals surface area contributed by atoms with Crippen LogP contribution in [0.1, 0.15) is 21.9 Å². The third-order valence-corrected chi connectivity index (χ3v) is 2.30. The van der Waals surface area contributed by atoms with Gasteiger partial charge in [-0.25, -0.2) is 14.5 Å². The summed E-state index contributed by atoms with van der Waals surface area (Å²) in [6.45, 7) is 3.49. The van der Waals surface area contributed by atoms with Gasteiger partial charge in [0.05, 0.1) is 0 Å². The monoisotopic (exact) mass is 252 g/mol. The van der Waals surface area contributed by atoms with E-state index in [9.17, 15) is 4.79 Å². The predicted octanol–water partition coefficient (Wildman–Crippen LogP) is 1.63. The van der Waals surface area contributed by atoms with Crippen molar-refractivity contribution in [2.24, 2.45) is 0 Å². The summed E-state index contributed by atoms with van der Waals surface area (Å²) in [6, 6.07) is 3.06. The summed E-state index contributed by atoms with van der Waals surface area (Å²) in [4.78, 5) is 18.9. The standard InChI is InChI=1S/C10H9ClN4O2/c1-5-3-8(11)13-10(12-5)15-6(2)4-7(14-15)9(16)17/h3-4H,1-2H3,(H,16,17). The van der Waals surface area contributed by atoms with Crippen LogP contribution in [0.4, 0.5) is 0 Å². The van der Waals surface area contributed by atoms with E-state index in [4.69, 9.17) is 16.7 Å². The zero-order chi connectivity index (χ0) is 12.6. The highest BCUT2D eigenvalue weighted by atomic mass is 35.5. The Balaban J connectivity index is 2.56. The number of aryl methyl sites for hydroxylation is 2. The molecule has 1 N–H and O–H groups in total. The minimum absolute atomic E-state index is 0.0521. The fraction of sp³-hybridized carbons (Fsp3) is 0.200. The molecular formula is C10H9ClN4O2. The average Bonchev–Trinajstić information content (AvgIpc) is 2.59. The van der Waals surface area contributed by atoms with Crippen LogP contribution in [-0.4, -0.2) is 30.8 Å². The zero-order valence-electron chi connectivity index (χ0n) is 9.18. The molecular weight excluding hydrogens is 244 g/mol. The molecule has 88 valence electrons. The van der Waals surface area contributed by atoms with E-state index in [1.54, 1.807) is 19.9 Å². The van der Waals surface area contributed by atoms with Crippen molar-refractivity contribution in [1.29, 1.82) is 0 Å². The second kappa shape index (κ2) is 4.14. The maximum absolute atomic E-state index is 10.8. The third kappa shape index (κ3) is 2.26. The minimum Gasteiger partial charge on any atom is -0.476 e. The normalized spacial score (nSPS) is 10.5. The Bertz CT molecular complexity index is 574. The van der Waals surface area contributed by atoms with E-state index in [0.717, 1.165) is 0 Å². The number of carboxylic acid groups (broad SMARTS) is 1. The smallest absolute Gasteiger partial charge is 0.356 e. The van der Waals surface area contributed by atoms with Crippen molar-refractivity contribution in [3.63, 3.8) is 0 Å². The number of nitrogens with zero attached hydrogens (tertiary/aromatic N) is 4. The minimum atomic E-state index is -1.09. The van der Waals surface area contributed by atoms with Crippen LogP contribution in [-0.2, 0) is 0 Å². The van der Waals surface area contributed by atoms with Crippen LogP contribution in [0.5, 0.6) is 0 Å². The summed E-state index contributed by atoms with van der Waals surface area (Å²) in [5, 5.41) is 13.0. The molecule has 0 aromatic carbocycles. The molecule has 2 aromatic rings. The Morgan fingerprint density at radius 2 is 2.06 bits per heavy atom. The summed E-state index contributed by atoms with van der Waals surface area (Å²) < 4.78 is 1.35.